The molecule has 0 radical (unpaired) electrons. The Morgan fingerprint density at radius 3 is 2.78 bits per heavy atom. The van der Waals surface area contributed by atoms with Crippen molar-refractivity contribution in [2.75, 3.05) is 30.3 Å². The summed E-state index contributed by atoms with van der Waals surface area (Å²) in [5.41, 5.74) is -1.28. The summed E-state index contributed by atoms with van der Waals surface area (Å²) in [7, 11) is -3.90. The van der Waals surface area contributed by atoms with E-state index in [-0.39, 0.29) is 23.5 Å². The predicted octanol–water partition coefficient (Wildman–Crippen LogP) is 1.88. The molecule has 0 amide bonds. The largest absolute Gasteiger partial charge is 0.350 e. The molecule has 2 aromatic heterocycles. The molecule has 0 spiro atoms. The van der Waals surface area contributed by atoms with Crippen LogP contribution in [0.4, 0.5) is 19.0 Å². The summed E-state index contributed by atoms with van der Waals surface area (Å²) < 4.78 is 69.1. The van der Waals surface area contributed by atoms with E-state index in [1.165, 1.54) is 6.92 Å². The minimum atomic E-state index is -3.90. The number of alkyl halides is 2. The topological polar surface area (TPSA) is 88.1 Å². The molecule has 12 heteroatoms. The minimum absolute atomic E-state index is 0.0474. The lowest BCUT2D eigenvalue weighted by molar-refractivity contribution is -0.0225. The molecule has 1 saturated heterocycles. The van der Waals surface area contributed by atoms with Gasteiger partial charge in [-0.15, -0.1) is 0 Å². The van der Waals surface area contributed by atoms with Crippen molar-refractivity contribution in [1.82, 2.24) is 20.3 Å². The zero-order valence-corrected chi connectivity index (χ0v) is 15.7. The molecule has 1 fully saturated rings. The van der Waals surface area contributed by atoms with Gasteiger partial charge in [-0.05, 0) is 0 Å². The monoisotopic (exact) mass is 421 g/mol. The first-order valence-corrected chi connectivity index (χ1v) is 10.3. The number of nitrogens with one attached hydrogen (secondary N) is 1. The van der Waals surface area contributed by atoms with Gasteiger partial charge in [-0.2, -0.15) is 8.78 Å². The first kappa shape index (κ1) is 18.6. The first-order valence-electron chi connectivity index (χ1n) is 8.31. The summed E-state index contributed by atoms with van der Waals surface area (Å²) in [4.78, 5) is 13.0. The molecule has 2 aliphatic heterocycles. The first-order chi connectivity index (χ1) is 12.7. The third-order valence-electron chi connectivity index (χ3n) is 4.82. The highest BCUT2D eigenvalue weighted by molar-refractivity contribution is 7.91. The van der Waals surface area contributed by atoms with Gasteiger partial charge in [0.25, 0.3) is 5.92 Å². The molecular formula is C15H15ClF3N5O2S. The Balaban J connectivity index is 2.15. The summed E-state index contributed by atoms with van der Waals surface area (Å²) >= 11 is 5.73. The third kappa shape index (κ3) is 2.83. The van der Waals surface area contributed by atoms with E-state index in [0.29, 0.717) is 13.1 Å². The summed E-state index contributed by atoms with van der Waals surface area (Å²) in [5, 5.41) is 1.35. The van der Waals surface area contributed by atoms with Crippen molar-refractivity contribution in [3.8, 4) is 0 Å². The Labute approximate surface area is 157 Å². The molecule has 1 atom stereocenters. The van der Waals surface area contributed by atoms with Crippen molar-refractivity contribution >= 4 is 38.2 Å². The number of piperazine rings is 1. The van der Waals surface area contributed by atoms with Crippen molar-refractivity contribution in [3.05, 3.63) is 16.7 Å². The Bertz CT molecular complexity index is 1050. The number of sulfone groups is 1. The van der Waals surface area contributed by atoms with Gasteiger partial charge >= 0.3 is 0 Å². The zero-order chi connectivity index (χ0) is 19.6. The number of nitrogens with zero attached hydrogens (tertiary/aromatic N) is 4. The smallest absolute Gasteiger partial charge is 0.292 e. The zero-order valence-electron chi connectivity index (χ0n) is 14.1. The Kier molecular flexibility index (Phi) is 4.24. The number of pyridine rings is 1. The van der Waals surface area contributed by atoms with Gasteiger partial charge < -0.3 is 10.2 Å². The van der Waals surface area contributed by atoms with E-state index in [1.807, 2.05) is 0 Å². The fourth-order valence-corrected chi connectivity index (χ4v) is 4.35. The predicted molar refractivity (Wildman–Crippen MR) is 92.5 cm³/mol. The number of aromatic nitrogens is 3. The number of hydrogen-bond donors (Lipinski definition) is 1. The van der Waals surface area contributed by atoms with E-state index >= 15 is 0 Å². The van der Waals surface area contributed by atoms with Crippen LogP contribution in [0.1, 0.15) is 19.0 Å². The van der Waals surface area contributed by atoms with Crippen LogP contribution in [0.3, 0.4) is 0 Å². The van der Waals surface area contributed by atoms with Crippen LogP contribution in [0.15, 0.2) is 5.16 Å². The third-order valence-corrected chi connectivity index (χ3v) is 6.57. The summed E-state index contributed by atoms with van der Waals surface area (Å²) in [6, 6.07) is -0.667. The Hall–Kier alpha value is -1.72. The van der Waals surface area contributed by atoms with E-state index in [2.05, 4.69) is 20.3 Å². The minimum Gasteiger partial charge on any atom is -0.350 e. The van der Waals surface area contributed by atoms with Gasteiger partial charge in [-0.3, -0.25) is 0 Å². The second-order valence-electron chi connectivity index (χ2n) is 6.48. The molecule has 4 rings (SSSR count). The van der Waals surface area contributed by atoms with Crippen LogP contribution in [0.5, 0.6) is 0 Å². The second-order valence-corrected chi connectivity index (χ2v) is 9.01. The highest BCUT2D eigenvalue weighted by Gasteiger charge is 2.46. The molecule has 146 valence electrons. The molecule has 0 bridgehead atoms. The maximum atomic E-state index is 14.9. The van der Waals surface area contributed by atoms with Gasteiger partial charge in [-0.25, -0.2) is 27.8 Å². The molecule has 1 N–H and O–H groups in total. The fourth-order valence-electron chi connectivity index (χ4n) is 3.46. The molecule has 27 heavy (non-hydrogen) atoms. The lowest BCUT2D eigenvalue weighted by Gasteiger charge is -2.36. The van der Waals surface area contributed by atoms with Crippen LogP contribution in [-0.2, 0) is 15.8 Å². The molecule has 0 aromatic carbocycles. The second kappa shape index (κ2) is 6.14. The summed E-state index contributed by atoms with van der Waals surface area (Å²) in [6.07, 6.45) is -0.587. The lowest BCUT2D eigenvalue weighted by Crippen LogP contribution is -2.52. The normalized spacial score (nSPS) is 21.8. The lowest BCUT2D eigenvalue weighted by atomic mass is 10.0. The number of rotatable bonds is 2. The van der Waals surface area contributed by atoms with Gasteiger partial charge in [0.2, 0.25) is 15.0 Å². The van der Waals surface area contributed by atoms with Crippen molar-refractivity contribution in [2.24, 2.45) is 0 Å². The number of hydrogen-bond acceptors (Lipinski definition) is 7. The molecule has 0 aliphatic carbocycles. The van der Waals surface area contributed by atoms with Gasteiger partial charge in [0.05, 0.1) is 11.1 Å². The van der Waals surface area contributed by atoms with Crippen LogP contribution in [0.25, 0.3) is 10.9 Å². The van der Waals surface area contributed by atoms with Gasteiger partial charge in [0.15, 0.2) is 11.0 Å². The highest BCUT2D eigenvalue weighted by Crippen LogP contribution is 2.45. The SMILES string of the molecule is CCS(=O)(=O)c1nc2c3c(nc(Cl)c(F)c3n1)C(F)(F)CC1CNCCN21. The molecule has 1 unspecified atom stereocenters. The van der Waals surface area contributed by atoms with Crippen LogP contribution < -0.4 is 10.2 Å². The van der Waals surface area contributed by atoms with E-state index in [1.54, 1.807) is 4.90 Å². The van der Waals surface area contributed by atoms with Gasteiger partial charge in [0, 0.05) is 32.1 Å². The number of anilines is 1. The Morgan fingerprint density at radius 1 is 1.33 bits per heavy atom. The maximum absolute atomic E-state index is 14.9. The van der Waals surface area contributed by atoms with Crippen molar-refractivity contribution in [3.63, 3.8) is 0 Å². The average Bonchev–Trinajstić information content (AvgIpc) is 2.72. The molecule has 0 saturated carbocycles. The fraction of sp³-hybridized carbons (Fsp3) is 0.533. The molecule has 7 nitrogen and oxygen atoms in total. The standard InChI is InChI=1S/C15H15ClF3N5O2S/c1-2-27(25,26)14-21-10-8-11(22-12(16)9(10)17)15(18,19)5-7-6-20-3-4-24(7)13(8)23-14/h7,20H,2-6H2,1H3. The molecule has 2 aliphatic rings. The van der Waals surface area contributed by atoms with Crippen LogP contribution in [-0.4, -0.2) is 54.8 Å². The highest BCUT2D eigenvalue weighted by atomic mass is 35.5. The van der Waals surface area contributed by atoms with E-state index in [0.717, 1.165) is 0 Å². The Morgan fingerprint density at radius 2 is 2.07 bits per heavy atom. The van der Waals surface area contributed by atoms with Crippen molar-refractivity contribution in [1.29, 1.82) is 0 Å². The van der Waals surface area contributed by atoms with E-state index in [4.69, 9.17) is 11.6 Å². The quantitative estimate of drug-likeness (QED) is 0.585. The molecule has 2 aromatic rings. The van der Waals surface area contributed by atoms with Crippen LogP contribution in [0.2, 0.25) is 5.15 Å². The number of fused-ring (bicyclic) bond motifs is 2. The summed E-state index contributed by atoms with van der Waals surface area (Å²) in [6.45, 7) is 2.44. The number of halogens is 4. The van der Waals surface area contributed by atoms with Gasteiger partial charge in [0.1, 0.15) is 17.0 Å². The van der Waals surface area contributed by atoms with Gasteiger partial charge in [-0.1, -0.05) is 18.5 Å². The molecular weight excluding hydrogens is 407 g/mol. The van der Waals surface area contributed by atoms with Crippen LogP contribution in [0, 0.1) is 5.82 Å². The van der Waals surface area contributed by atoms with Crippen molar-refractivity contribution < 1.29 is 21.6 Å². The average molecular weight is 422 g/mol. The summed E-state index contributed by atoms with van der Waals surface area (Å²) in [5.74, 6) is -4.91. The van der Waals surface area contributed by atoms with Crippen molar-refractivity contribution in [2.45, 2.75) is 30.5 Å². The van der Waals surface area contributed by atoms with Crippen LogP contribution >= 0.6 is 11.6 Å². The molecule has 4 heterocycles. The maximum Gasteiger partial charge on any atom is 0.292 e. The van der Waals surface area contributed by atoms with E-state index in [9.17, 15) is 21.6 Å². The van der Waals surface area contributed by atoms with E-state index < -0.39 is 55.6 Å².